The molecule has 2 rings (SSSR count). The molecule has 5 heteroatoms. The molecule has 1 heterocycles. The van der Waals surface area contributed by atoms with E-state index in [9.17, 15) is 0 Å². The number of halogens is 1. The molecule has 3 N–H and O–H groups in total. The average molecular weight is 303 g/mol. The van der Waals surface area contributed by atoms with E-state index in [1.807, 2.05) is 11.4 Å². The molecule has 1 aliphatic carbocycles. The van der Waals surface area contributed by atoms with Gasteiger partial charge in [-0.2, -0.15) is 0 Å². The number of rotatable bonds is 5. The summed E-state index contributed by atoms with van der Waals surface area (Å²) in [5, 5.41) is 2.80. The summed E-state index contributed by atoms with van der Waals surface area (Å²) in [6, 6.07) is 1.92. The van der Waals surface area contributed by atoms with E-state index in [2.05, 4.69) is 12.3 Å². The van der Waals surface area contributed by atoms with Gasteiger partial charge in [0.2, 0.25) is 0 Å². The van der Waals surface area contributed by atoms with Crippen LogP contribution in [0, 0.1) is 0 Å². The van der Waals surface area contributed by atoms with Crippen molar-refractivity contribution in [2.24, 2.45) is 5.84 Å². The van der Waals surface area contributed by atoms with Crippen LogP contribution in [0.5, 0.6) is 0 Å². The van der Waals surface area contributed by atoms with Crippen LogP contribution in [0.15, 0.2) is 11.4 Å². The van der Waals surface area contributed by atoms with Gasteiger partial charge in [-0.15, -0.1) is 11.3 Å². The van der Waals surface area contributed by atoms with Gasteiger partial charge in [0.05, 0.1) is 16.7 Å². The number of thiophene rings is 1. The smallest absolute Gasteiger partial charge is 0.0897 e. The zero-order valence-electron chi connectivity index (χ0n) is 11.5. The predicted molar refractivity (Wildman–Crippen MR) is 81.5 cm³/mol. The van der Waals surface area contributed by atoms with Gasteiger partial charge in [-0.1, -0.05) is 37.3 Å². The highest BCUT2D eigenvalue weighted by molar-refractivity contribution is 7.10. The predicted octanol–water partition coefficient (Wildman–Crippen LogP) is 4.04. The zero-order valence-corrected chi connectivity index (χ0v) is 13.0. The summed E-state index contributed by atoms with van der Waals surface area (Å²) in [6.07, 6.45) is 7.05. The first-order valence-corrected chi connectivity index (χ1v) is 8.32. The van der Waals surface area contributed by atoms with Crippen molar-refractivity contribution >= 4 is 22.9 Å². The van der Waals surface area contributed by atoms with Crippen LogP contribution >= 0.6 is 22.9 Å². The van der Waals surface area contributed by atoms with E-state index in [0.717, 1.165) is 22.7 Å². The fourth-order valence-electron chi connectivity index (χ4n) is 3.11. The number of hydrogen-bond acceptors (Lipinski definition) is 4. The second kappa shape index (κ2) is 7.04. The van der Waals surface area contributed by atoms with E-state index in [1.165, 1.54) is 25.7 Å². The molecule has 1 aromatic rings. The highest BCUT2D eigenvalue weighted by Crippen LogP contribution is 2.43. The summed E-state index contributed by atoms with van der Waals surface area (Å²) >= 11 is 7.95. The van der Waals surface area contributed by atoms with Crippen molar-refractivity contribution in [2.45, 2.75) is 57.1 Å². The SMILES string of the molecule is CCOC1(C(NN)c2sccc2Cl)CCCCCC1. The molecule has 1 unspecified atom stereocenters. The first-order valence-electron chi connectivity index (χ1n) is 7.06. The van der Waals surface area contributed by atoms with Crippen molar-refractivity contribution in [1.29, 1.82) is 0 Å². The summed E-state index contributed by atoms with van der Waals surface area (Å²) in [5.74, 6) is 5.85. The largest absolute Gasteiger partial charge is 0.373 e. The molecule has 0 bridgehead atoms. The van der Waals surface area contributed by atoms with Crippen LogP contribution in [-0.4, -0.2) is 12.2 Å². The normalized spacial score (nSPS) is 21.0. The minimum atomic E-state index is -0.214. The number of nitrogens with one attached hydrogen (secondary N) is 1. The lowest BCUT2D eigenvalue weighted by Crippen LogP contribution is -2.48. The van der Waals surface area contributed by atoms with Crippen molar-refractivity contribution in [3.8, 4) is 0 Å². The third kappa shape index (κ3) is 3.31. The summed E-state index contributed by atoms with van der Waals surface area (Å²) < 4.78 is 6.19. The van der Waals surface area contributed by atoms with Gasteiger partial charge < -0.3 is 4.74 Å². The van der Waals surface area contributed by atoms with Crippen LogP contribution < -0.4 is 11.3 Å². The topological polar surface area (TPSA) is 47.3 Å². The van der Waals surface area contributed by atoms with Crippen molar-refractivity contribution in [1.82, 2.24) is 5.43 Å². The third-order valence-corrected chi connectivity index (χ3v) is 5.40. The second-order valence-electron chi connectivity index (χ2n) is 5.14. The molecule has 0 aliphatic heterocycles. The Kier molecular flexibility index (Phi) is 5.66. The van der Waals surface area contributed by atoms with E-state index in [1.54, 1.807) is 11.3 Å². The third-order valence-electron chi connectivity index (χ3n) is 3.98. The Balaban J connectivity index is 2.31. The zero-order chi connectivity index (χ0) is 13.7. The Labute approximate surface area is 124 Å². The molecule has 0 saturated heterocycles. The minimum absolute atomic E-state index is 0.0157. The highest BCUT2D eigenvalue weighted by Gasteiger charge is 2.41. The number of hydrazine groups is 1. The van der Waals surface area contributed by atoms with Gasteiger partial charge in [0.1, 0.15) is 0 Å². The molecule has 108 valence electrons. The maximum Gasteiger partial charge on any atom is 0.0897 e. The summed E-state index contributed by atoms with van der Waals surface area (Å²) in [4.78, 5) is 1.10. The van der Waals surface area contributed by atoms with Crippen LogP contribution in [0.4, 0.5) is 0 Å². The van der Waals surface area contributed by atoms with Gasteiger partial charge in [0.25, 0.3) is 0 Å². The van der Waals surface area contributed by atoms with E-state index in [4.69, 9.17) is 22.2 Å². The molecule has 0 aromatic carbocycles. The quantitative estimate of drug-likeness (QED) is 0.490. The van der Waals surface area contributed by atoms with Crippen molar-refractivity contribution in [3.05, 3.63) is 21.3 Å². The molecule has 1 atom stereocenters. The maximum atomic E-state index is 6.29. The molecule has 1 aliphatic rings. The standard InChI is InChI=1S/C14H23ClN2OS/c1-2-18-14(8-5-3-4-6-9-14)13(17-16)12-11(15)7-10-19-12/h7,10,13,17H,2-6,8-9,16H2,1H3. The summed E-state index contributed by atoms with van der Waals surface area (Å²) in [5.41, 5.74) is 2.76. The van der Waals surface area contributed by atoms with Crippen molar-refractivity contribution in [3.63, 3.8) is 0 Å². The first-order chi connectivity index (χ1) is 9.23. The molecule has 0 spiro atoms. The Morgan fingerprint density at radius 1 is 1.42 bits per heavy atom. The molecule has 1 fully saturated rings. The average Bonchev–Trinajstić information content (AvgIpc) is 2.68. The highest BCUT2D eigenvalue weighted by atomic mass is 35.5. The summed E-state index contributed by atoms with van der Waals surface area (Å²) in [7, 11) is 0. The van der Waals surface area contributed by atoms with Crippen molar-refractivity contribution < 1.29 is 4.74 Å². The first kappa shape index (κ1) is 15.3. The summed E-state index contributed by atoms with van der Waals surface area (Å²) in [6.45, 7) is 2.76. The fourth-order valence-corrected chi connectivity index (χ4v) is 4.44. The Bertz CT molecular complexity index is 389. The molecule has 1 aromatic heterocycles. The van der Waals surface area contributed by atoms with Crippen LogP contribution in [0.1, 0.15) is 56.4 Å². The van der Waals surface area contributed by atoms with Gasteiger partial charge in [0, 0.05) is 11.5 Å². The lowest BCUT2D eigenvalue weighted by molar-refractivity contribution is -0.0774. The van der Waals surface area contributed by atoms with Crippen LogP contribution in [0.3, 0.4) is 0 Å². The van der Waals surface area contributed by atoms with E-state index in [0.29, 0.717) is 6.61 Å². The molecule has 19 heavy (non-hydrogen) atoms. The lowest BCUT2D eigenvalue weighted by atomic mass is 9.85. The monoisotopic (exact) mass is 302 g/mol. The van der Waals surface area contributed by atoms with Gasteiger partial charge in [-0.3, -0.25) is 5.84 Å². The van der Waals surface area contributed by atoms with E-state index in [-0.39, 0.29) is 11.6 Å². The number of hydrogen-bond donors (Lipinski definition) is 2. The molecule has 1 saturated carbocycles. The number of ether oxygens (including phenoxy) is 1. The molecule has 3 nitrogen and oxygen atoms in total. The van der Waals surface area contributed by atoms with Gasteiger partial charge in [-0.25, -0.2) is 5.43 Å². The van der Waals surface area contributed by atoms with E-state index < -0.39 is 0 Å². The molecule has 0 radical (unpaired) electrons. The maximum absolute atomic E-state index is 6.29. The van der Waals surface area contributed by atoms with Crippen LogP contribution in [-0.2, 0) is 4.74 Å². The second-order valence-corrected chi connectivity index (χ2v) is 6.50. The fraction of sp³-hybridized carbons (Fsp3) is 0.714. The van der Waals surface area contributed by atoms with Gasteiger partial charge in [-0.05, 0) is 31.2 Å². The van der Waals surface area contributed by atoms with Gasteiger partial charge >= 0.3 is 0 Å². The van der Waals surface area contributed by atoms with Crippen molar-refractivity contribution in [2.75, 3.05) is 6.61 Å². The lowest BCUT2D eigenvalue weighted by Gasteiger charge is -2.39. The number of nitrogens with two attached hydrogens (primary N) is 1. The molecule has 0 amide bonds. The minimum Gasteiger partial charge on any atom is -0.373 e. The Morgan fingerprint density at radius 2 is 2.11 bits per heavy atom. The Hall–Kier alpha value is -0.130. The Morgan fingerprint density at radius 3 is 2.58 bits per heavy atom. The molecular weight excluding hydrogens is 280 g/mol. The van der Waals surface area contributed by atoms with Crippen LogP contribution in [0.25, 0.3) is 0 Å². The van der Waals surface area contributed by atoms with Gasteiger partial charge in [0.15, 0.2) is 0 Å². The van der Waals surface area contributed by atoms with E-state index >= 15 is 0 Å². The van der Waals surface area contributed by atoms with Crippen LogP contribution in [0.2, 0.25) is 5.02 Å². The molecular formula is C14H23ClN2OS.